The van der Waals surface area contributed by atoms with Crippen LogP contribution in [-0.2, 0) is 5.54 Å². The SMILES string of the molecule is Cc1ccc(C2(N=[N+]=[N-])c3ccccc3-c3ccccc32)cc1. The van der Waals surface area contributed by atoms with Gasteiger partial charge in [0.1, 0.15) is 5.54 Å². The van der Waals surface area contributed by atoms with Crippen molar-refractivity contribution in [2.45, 2.75) is 12.5 Å². The average Bonchev–Trinajstić information content (AvgIpc) is 2.88. The van der Waals surface area contributed by atoms with Gasteiger partial charge in [0.2, 0.25) is 0 Å². The van der Waals surface area contributed by atoms with E-state index >= 15 is 0 Å². The van der Waals surface area contributed by atoms with Gasteiger partial charge in [0.15, 0.2) is 0 Å². The minimum absolute atomic E-state index is 0.796. The summed E-state index contributed by atoms with van der Waals surface area (Å²) < 4.78 is 0. The fourth-order valence-corrected chi connectivity index (χ4v) is 3.55. The highest BCUT2D eigenvalue weighted by Crippen LogP contribution is 2.53. The summed E-state index contributed by atoms with van der Waals surface area (Å²) in [5.74, 6) is 0. The zero-order valence-electron chi connectivity index (χ0n) is 12.8. The number of azide groups is 1. The van der Waals surface area contributed by atoms with Gasteiger partial charge in [-0.2, -0.15) is 0 Å². The van der Waals surface area contributed by atoms with Crippen LogP contribution < -0.4 is 0 Å². The predicted molar refractivity (Wildman–Crippen MR) is 92.1 cm³/mol. The standard InChI is InChI=1S/C20H15N3/c1-14-10-12-15(13-11-14)20(22-23-21)18-8-4-2-6-16(18)17-7-3-5-9-19(17)20/h2-13H,1H3. The van der Waals surface area contributed by atoms with E-state index in [-0.39, 0.29) is 0 Å². The molecular formula is C20H15N3. The third-order valence-corrected chi connectivity index (χ3v) is 4.59. The molecule has 0 saturated heterocycles. The van der Waals surface area contributed by atoms with E-state index in [4.69, 9.17) is 0 Å². The largest absolute Gasteiger partial charge is 0.125 e. The van der Waals surface area contributed by atoms with E-state index < -0.39 is 5.54 Å². The van der Waals surface area contributed by atoms with Gasteiger partial charge in [0, 0.05) is 4.91 Å². The van der Waals surface area contributed by atoms with Gasteiger partial charge < -0.3 is 0 Å². The van der Waals surface area contributed by atoms with Crippen LogP contribution >= 0.6 is 0 Å². The molecule has 3 aromatic rings. The number of benzene rings is 3. The second-order valence-corrected chi connectivity index (χ2v) is 5.86. The van der Waals surface area contributed by atoms with Crippen LogP contribution in [0.1, 0.15) is 22.3 Å². The van der Waals surface area contributed by atoms with Crippen molar-refractivity contribution in [3.8, 4) is 11.1 Å². The van der Waals surface area contributed by atoms with Crippen molar-refractivity contribution in [3.63, 3.8) is 0 Å². The molecule has 0 radical (unpaired) electrons. The second kappa shape index (κ2) is 5.01. The van der Waals surface area contributed by atoms with Gasteiger partial charge in [-0.3, -0.25) is 0 Å². The van der Waals surface area contributed by atoms with Crippen molar-refractivity contribution in [3.05, 3.63) is 105 Å². The Bertz CT molecular complexity index is 890. The molecule has 1 aliphatic rings. The van der Waals surface area contributed by atoms with Gasteiger partial charge in [-0.15, -0.1) is 0 Å². The van der Waals surface area contributed by atoms with Crippen molar-refractivity contribution >= 4 is 0 Å². The molecule has 0 spiro atoms. The summed E-state index contributed by atoms with van der Waals surface area (Å²) in [7, 11) is 0. The Hall–Kier alpha value is -3.03. The fourth-order valence-electron chi connectivity index (χ4n) is 3.55. The molecule has 0 atom stereocenters. The monoisotopic (exact) mass is 297 g/mol. The lowest BCUT2D eigenvalue weighted by Crippen LogP contribution is -2.23. The predicted octanol–water partition coefficient (Wildman–Crippen LogP) is 5.58. The van der Waals surface area contributed by atoms with Crippen molar-refractivity contribution < 1.29 is 0 Å². The van der Waals surface area contributed by atoms with Gasteiger partial charge in [-0.05, 0) is 40.3 Å². The number of aryl methyl sites for hydroxylation is 1. The van der Waals surface area contributed by atoms with Crippen LogP contribution in [0, 0.1) is 6.92 Å². The fraction of sp³-hybridized carbons (Fsp3) is 0.100. The molecule has 3 nitrogen and oxygen atoms in total. The number of nitrogens with zero attached hydrogens (tertiary/aromatic N) is 3. The first-order valence-corrected chi connectivity index (χ1v) is 7.60. The first-order valence-electron chi connectivity index (χ1n) is 7.60. The van der Waals surface area contributed by atoms with Crippen LogP contribution in [0.25, 0.3) is 21.6 Å². The van der Waals surface area contributed by atoms with Crippen LogP contribution in [0.4, 0.5) is 0 Å². The topological polar surface area (TPSA) is 48.8 Å². The molecule has 3 aromatic carbocycles. The van der Waals surface area contributed by atoms with Gasteiger partial charge in [-0.1, -0.05) is 83.5 Å². The van der Waals surface area contributed by atoms with Crippen LogP contribution in [-0.4, -0.2) is 0 Å². The molecule has 4 rings (SSSR count). The first kappa shape index (κ1) is 13.6. The van der Waals surface area contributed by atoms with Gasteiger partial charge in [0.25, 0.3) is 0 Å². The molecule has 0 fully saturated rings. The molecular weight excluding hydrogens is 282 g/mol. The second-order valence-electron chi connectivity index (χ2n) is 5.86. The third kappa shape index (κ3) is 1.81. The summed E-state index contributed by atoms with van der Waals surface area (Å²) in [6.07, 6.45) is 0. The van der Waals surface area contributed by atoms with Crippen molar-refractivity contribution in [2.24, 2.45) is 5.11 Å². The molecule has 3 heteroatoms. The summed E-state index contributed by atoms with van der Waals surface area (Å²) in [6.45, 7) is 2.06. The van der Waals surface area contributed by atoms with Crippen LogP contribution in [0.5, 0.6) is 0 Å². The Labute approximate surface area is 134 Å². The quantitative estimate of drug-likeness (QED) is 0.337. The molecule has 0 bridgehead atoms. The van der Waals surface area contributed by atoms with E-state index in [0.717, 1.165) is 27.8 Å². The molecule has 0 amide bonds. The Balaban J connectivity index is 2.14. The molecule has 1 aliphatic carbocycles. The number of fused-ring (bicyclic) bond motifs is 3. The maximum atomic E-state index is 9.32. The average molecular weight is 297 g/mol. The minimum atomic E-state index is -0.796. The Morgan fingerprint density at radius 1 is 0.783 bits per heavy atom. The van der Waals surface area contributed by atoms with Crippen molar-refractivity contribution in [1.82, 2.24) is 0 Å². The highest BCUT2D eigenvalue weighted by Gasteiger charge is 2.43. The molecule has 0 aliphatic heterocycles. The summed E-state index contributed by atoms with van der Waals surface area (Å²) in [4.78, 5) is 3.21. The Morgan fingerprint density at radius 2 is 1.30 bits per heavy atom. The number of rotatable bonds is 2. The molecule has 0 N–H and O–H groups in total. The highest BCUT2D eigenvalue weighted by atomic mass is 15.2. The molecule has 0 unspecified atom stereocenters. The van der Waals surface area contributed by atoms with Crippen LogP contribution in [0.2, 0.25) is 0 Å². The van der Waals surface area contributed by atoms with Crippen LogP contribution in [0.3, 0.4) is 0 Å². The van der Waals surface area contributed by atoms with E-state index in [9.17, 15) is 5.53 Å². The molecule has 23 heavy (non-hydrogen) atoms. The lowest BCUT2D eigenvalue weighted by Gasteiger charge is -2.27. The zero-order chi connectivity index (χ0) is 15.9. The number of hydrogen-bond acceptors (Lipinski definition) is 1. The first-order chi connectivity index (χ1) is 11.3. The van der Waals surface area contributed by atoms with E-state index in [0.29, 0.717) is 0 Å². The lowest BCUT2D eigenvalue weighted by molar-refractivity contribution is 0.665. The van der Waals surface area contributed by atoms with Crippen molar-refractivity contribution in [1.29, 1.82) is 0 Å². The van der Waals surface area contributed by atoms with E-state index in [1.54, 1.807) is 0 Å². The molecule has 0 aromatic heterocycles. The van der Waals surface area contributed by atoms with Gasteiger partial charge in [0.05, 0.1) is 0 Å². The van der Waals surface area contributed by atoms with Crippen LogP contribution in [0.15, 0.2) is 77.9 Å². The normalized spacial score (nSPS) is 13.8. The lowest BCUT2D eigenvalue weighted by atomic mass is 9.81. The molecule has 0 heterocycles. The Kier molecular flexibility index (Phi) is 2.97. The van der Waals surface area contributed by atoms with E-state index in [2.05, 4.69) is 65.5 Å². The van der Waals surface area contributed by atoms with Crippen molar-refractivity contribution in [2.75, 3.05) is 0 Å². The third-order valence-electron chi connectivity index (χ3n) is 4.59. The molecule has 110 valence electrons. The molecule has 0 saturated carbocycles. The van der Waals surface area contributed by atoms with E-state index in [1.165, 1.54) is 5.56 Å². The summed E-state index contributed by atoms with van der Waals surface area (Å²) in [5, 5.41) is 4.32. The maximum absolute atomic E-state index is 9.32. The zero-order valence-corrected chi connectivity index (χ0v) is 12.8. The summed E-state index contributed by atoms with van der Waals surface area (Å²) >= 11 is 0. The number of hydrogen-bond donors (Lipinski definition) is 0. The summed E-state index contributed by atoms with van der Waals surface area (Å²) in [6, 6.07) is 24.6. The van der Waals surface area contributed by atoms with E-state index in [1.807, 2.05) is 24.3 Å². The minimum Gasteiger partial charge on any atom is -0.0730 e. The maximum Gasteiger partial charge on any atom is 0.125 e. The van der Waals surface area contributed by atoms with Gasteiger partial charge >= 0.3 is 0 Å². The Morgan fingerprint density at radius 3 is 1.83 bits per heavy atom. The smallest absolute Gasteiger partial charge is 0.0730 e. The summed E-state index contributed by atoms with van der Waals surface area (Å²) in [5.41, 5.74) is 15.1. The van der Waals surface area contributed by atoms with Gasteiger partial charge in [-0.25, -0.2) is 0 Å². The highest BCUT2D eigenvalue weighted by molar-refractivity contribution is 5.83.